The molecule has 0 unspecified atom stereocenters. The Morgan fingerprint density at radius 2 is 1.60 bits per heavy atom. The Labute approximate surface area is 119 Å². The number of para-hydroxylation sites is 1. The lowest BCUT2D eigenvalue weighted by Crippen LogP contribution is -2.47. The van der Waals surface area contributed by atoms with Crippen LogP contribution in [0.5, 0.6) is 0 Å². The first-order valence-electron chi connectivity index (χ1n) is 6.88. The van der Waals surface area contributed by atoms with E-state index in [0.717, 1.165) is 37.6 Å². The standard InChI is InChI=1S/C15H19N5/c1-12-14(16)17-11-18-15(12)20-9-7-19(8-10-20)13-5-3-2-4-6-13/h2-6,11H,7-10H2,1H3,(H2,16,17,18). The summed E-state index contributed by atoms with van der Waals surface area (Å²) in [5.41, 5.74) is 8.11. The third kappa shape index (κ3) is 2.39. The lowest BCUT2D eigenvalue weighted by Gasteiger charge is -2.37. The molecule has 20 heavy (non-hydrogen) atoms. The lowest BCUT2D eigenvalue weighted by molar-refractivity contribution is 0.645. The van der Waals surface area contributed by atoms with Gasteiger partial charge in [0.05, 0.1) is 0 Å². The Hall–Kier alpha value is -2.30. The fourth-order valence-corrected chi connectivity index (χ4v) is 2.59. The summed E-state index contributed by atoms with van der Waals surface area (Å²) in [6.07, 6.45) is 1.54. The van der Waals surface area contributed by atoms with E-state index >= 15 is 0 Å². The highest BCUT2D eigenvalue weighted by Crippen LogP contribution is 2.23. The quantitative estimate of drug-likeness (QED) is 0.899. The fraction of sp³-hybridized carbons (Fsp3) is 0.333. The van der Waals surface area contributed by atoms with Crippen molar-refractivity contribution in [1.82, 2.24) is 9.97 Å². The van der Waals surface area contributed by atoms with Crippen LogP contribution in [0.3, 0.4) is 0 Å². The number of benzene rings is 1. The van der Waals surface area contributed by atoms with Crippen LogP contribution in [-0.4, -0.2) is 36.1 Å². The number of hydrogen-bond donors (Lipinski definition) is 1. The van der Waals surface area contributed by atoms with Crippen LogP contribution in [0.25, 0.3) is 0 Å². The van der Waals surface area contributed by atoms with Gasteiger partial charge in [-0.25, -0.2) is 9.97 Å². The van der Waals surface area contributed by atoms with Gasteiger partial charge in [-0.05, 0) is 19.1 Å². The van der Waals surface area contributed by atoms with Crippen LogP contribution < -0.4 is 15.5 Å². The molecule has 5 heteroatoms. The maximum atomic E-state index is 5.86. The van der Waals surface area contributed by atoms with E-state index in [-0.39, 0.29) is 0 Å². The van der Waals surface area contributed by atoms with Gasteiger partial charge >= 0.3 is 0 Å². The number of rotatable bonds is 2. The third-order valence-electron chi connectivity index (χ3n) is 3.80. The van der Waals surface area contributed by atoms with Crippen molar-refractivity contribution in [2.45, 2.75) is 6.92 Å². The minimum absolute atomic E-state index is 0.570. The number of nitrogens with zero attached hydrogens (tertiary/aromatic N) is 4. The molecule has 2 heterocycles. The Bertz CT molecular complexity index is 576. The van der Waals surface area contributed by atoms with Crippen molar-refractivity contribution < 1.29 is 0 Å². The van der Waals surface area contributed by atoms with Crippen LogP contribution in [0, 0.1) is 6.92 Å². The smallest absolute Gasteiger partial charge is 0.137 e. The molecule has 1 fully saturated rings. The predicted molar refractivity (Wildman–Crippen MR) is 82.0 cm³/mol. The maximum Gasteiger partial charge on any atom is 0.137 e. The topological polar surface area (TPSA) is 58.3 Å². The molecule has 0 radical (unpaired) electrons. The highest BCUT2D eigenvalue weighted by Gasteiger charge is 2.20. The van der Waals surface area contributed by atoms with Crippen LogP contribution >= 0.6 is 0 Å². The van der Waals surface area contributed by atoms with E-state index in [1.165, 1.54) is 5.69 Å². The van der Waals surface area contributed by atoms with Crippen molar-refractivity contribution in [2.75, 3.05) is 41.7 Å². The van der Waals surface area contributed by atoms with Crippen LogP contribution in [0.15, 0.2) is 36.7 Å². The average Bonchev–Trinajstić information content (AvgIpc) is 2.51. The molecule has 1 aromatic carbocycles. The summed E-state index contributed by atoms with van der Waals surface area (Å²) in [5.74, 6) is 1.53. The minimum atomic E-state index is 0.570. The Balaban J connectivity index is 1.71. The summed E-state index contributed by atoms with van der Waals surface area (Å²) in [4.78, 5) is 13.1. The van der Waals surface area contributed by atoms with Gasteiger partial charge in [-0.1, -0.05) is 18.2 Å². The zero-order valence-corrected chi connectivity index (χ0v) is 11.7. The van der Waals surface area contributed by atoms with E-state index in [2.05, 4.69) is 44.0 Å². The van der Waals surface area contributed by atoms with E-state index in [9.17, 15) is 0 Å². The summed E-state index contributed by atoms with van der Waals surface area (Å²) in [6, 6.07) is 10.5. The van der Waals surface area contributed by atoms with Crippen LogP contribution in [0.1, 0.15) is 5.56 Å². The third-order valence-corrected chi connectivity index (χ3v) is 3.80. The van der Waals surface area contributed by atoms with Gasteiger partial charge < -0.3 is 15.5 Å². The number of anilines is 3. The van der Waals surface area contributed by atoms with E-state index in [0.29, 0.717) is 5.82 Å². The van der Waals surface area contributed by atoms with Crippen molar-refractivity contribution >= 4 is 17.3 Å². The Morgan fingerprint density at radius 1 is 0.950 bits per heavy atom. The zero-order chi connectivity index (χ0) is 13.9. The van der Waals surface area contributed by atoms with E-state index < -0.39 is 0 Å². The molecular weight excluding hydrogens is 250 g/mol. The number of aromatic nitrogens is 2. The van der Waals surface area contributed by atoms with Gasteiger partial charge in [0.25, 0.3) is 0 Å². The number of nitrogens with two attached hydrogens (primary N) is 1. The van der Waals surface area contributed by atoms with Crippen LogP contribution in [-0.2, 0) is 0 Å². The number of nitrogen functional groups attached to an aromatic ring is 1. The first-order valence-corrected chi connectivity index (χ1v) is 6.88. The van der Waals surface area contributed by atoms with Gasteiger partial charge in [-0.2, -0.15) is 0 Å². The molecule has 1 saturated heterocycles. The highest BCUT2D eigenvalue weighted by atomic mass is 15.3. The molecular formula is C15H19N5. The fourth-order valence-electron chi connectivity index (χ4n) is 2.59. The normalized spacial score (nSPS) is 15.4. The van der Waals surface area contributed by atoms with Gasteiger partial charge in [-0.3, -0.25) is 0 Å². The molecule has 104 valence electrons. The first-order chi connectivity index (χ1) is 9.75. The molecule has 1 aliphatic heterocycles. The minimum Gasteiger partial charge on any atom is -0.383 e. The summed E-state index contributed by atoms with van der Waals surface area (Å²) < 4.78 is 0. The summed E-state index contributed by atoms with van der Waals surface area (Å²) in [5, 5.41) is 0. The maximum absolute atomic E-state index is 5.86. The molecule has 3 rings (SSSR count). The van der Waals surface area contributed by atoms with Gasteiger partial charge in [-0.15, -0.1) is 0 Å². The van der Waals surface area contributed by atoms with Crippen molar-refractivity contribution in [3.05, 3.63) is 42.2 Å². The largest absolute Gasteiger partial charge is 0.383 e. The van der Waals surface area contributed by atoms with Crippen molar-refractivity contribution in [3.8, 4) is 0 Å². The van der Waals surface area contributed by atoms with Crippen molar-refractivity contribution in [2.24, 2.45) is 0 Å². The second-order valence-corrected chi connectivity index (χ2v) is 5.02. The van der Waals surface area contributed by atoms with Gasteiger partial charge in [0.1, 0.15) is 18.0 Å². The Kier molecular flexibility index (Phi) is 3.41. The SMILES string of the molecule is Cc1c(N)ncnc1N1CCN(c2ccccc2)CC1. The molecule has 0 atom stereocenters. The average molecular weight is 269 g/mol. The van der Waals surface area contributed by atoms with E-state index in [4.69, 9.17) is 5.73 Å². The predicted octanol–water partition coefficient (Wildman–Crippen LogP) is 1.69. The van der Waals surface area contributed by atoms with Crippen molar-refractivity contribution in [1.29, 1.82) is 0 Å². The summed E-state index contributed by atoms with van der Waals surface area (Å²) in [7, 11) is 0. The monoisotopic (exact) mass is 269 g/mol. The molecule has 0 spiro atoms. The Morgan fingerprint density at radius 3 is 2.30 bits per heavy atom. The molecule has 1 aromatic heterocycles. The van der Waals surface area contributed by atoms with Gasteiger partial charge in [0.15, 0.2) is 0 Å². The molecule has 2 N–H and O–H groups in total. The molecule has 2 aromatic rings. The van der Waals surface area contributed by atoms with Gasteiger partial charge in [0, 0.05) is 37.4 Å². The summed E-state index contributed by atoms with van der Waals surface area (Å²) >= 11 is 0. The van der Waals surface area contributed by atoms with Crippen molar-refractivity contribution in [3.63, 3.8) is 0 Å². The zero-order valence-electron chi connectivity index (χ0n) is 11.7. The molecule has 1 aliphatic rings. The molecule has 0 saturated carbocycles. The number of hydrogen-bond acceptors (Lipinski definition) is 5. The molecule has 0 aliphatic carbocycles. The van der Waals surface area contributed by atoms with E-state index in [1.54, 1.807) is 6.33 Å². The molecule has 0 bridgehead atoms. The lowest BCUT2D eigenvalue weighted by atomic mass is 10.2. The molecule has 5 nitrogen and oxygen atoms in total. The summed E-state index contributed by atoms with van der Waals surface area (Å²) in [6.45, 7) is 5.87. The number of piperazine rings is 1. The van der Waals surface area contributed by atoms with Gasteiger partial charge in [0.2, 0.25) is 0 Å². The second kappa shape index (κ2) is 5.36. The first kappa shape index (κ1) is 12.7. The highest BCUT2D eigenvalue weighted by molar-refractivity contribution is 5.57. The molecule has 0 amide bonds. The second-order valence-electron chi connectivity index (χ2n) is 5.02. The van der Waals surface area contributed by atoms with Crippen LogP contribution in [0.2, 0.25) is 0 Å². The van der Waals surface area contributed by atoms with E-state index in [1.807, 2.05) is 13.0 Å². The van der Waals surface area contributed by atoms with Crippen LogP contribution in [0.4, 0.5) is 17.3 Å².